The first-order valence-electron chi connectivity index (χ1n) is 5.93. The van der Waals surface area contributed by atoms with Crippen molar-refractivity contribution in [1.29, 1.82) is 0 Å². The number of benzene rings is 1. The van der Waals surface area contributed by atoms with Gasteiger partial charge in [-0.25, -0.2) is 0 Å². The van der Waals surface area contributed by atoms with Gasteiger partial charge in [0.15, 0.2) is 0 Å². The summed E-state index contributed by atoms with van der Waals surface area (Å²) in [5.74, 6) is 1.82. The minimum atomic E-state index is 0.109. The van der Waals surface area contributed by atoms with E-state index in [2.05, 4.69) is 23.5 Å². The molecular formula is C14H13NO. The van der Waals surface area contributed by atoms with Crippen molar-refractivity contribution in [2.45, 2.75) is 18.4 Å². The Labute approximate surface area is 94.4 Å². The number of fused-ring (bicyclic) bond motifs is 7. The summed E-state index contributed by atoms with van der Waals surface area (Å²) in [4.78, 5) is 12.0. The molecular weight excluding hydrogens is 198 g/mol. The molecule has 1 aromatic rings. The maximum Gasteiger partial charge on any atom is 0.251 e. The van der Waals surface area contributed by atoms with E-state index in [0.717, 1.165) is 5.56 Å². The summed E-state index contributed by atoms with van der Waals surface area (Å²) in [6, 6.07) is 8.40. The SMILES string of the molecule is O=C1NC2C3C=CC(C3)[C@H]2c2ccccc21. The molecule has 1 aliphatic heterocycles. The van der Waals surface area contributed by atoms with Crippen molar-refractivity contribution < 1.29 is 4.79 Å². The van der Waals surface area contributed by atoms with Crippen molar-refractivity contribution in [3.63, 3.8) is 0 Å². The number of carbonyl (C=O) groups excluding carboxylic acids is 1. The van der Waals surface area contributed by atoms with Crippen LogP contribution in [0.4, 0.5) is 0 Å². The molecule has 2 aliphatic carbocycles. The zero-order valence-electron chi connectivity index (χ0n) is 8.89. The molecule has 2 heteroatoms. The van der Waals surface area contributed by atoms with Gasteiger partial charge in [0.1, 0.15) is 0 Å². The fourth-order valence-electron chi connectivity index (χ4n) is 3.67. The van der Waals surface area contributed by atoms with Crippen LogP contribution in [0.2, 0.25) is 0 Å². The maximum atomic E-state index is 12.0. The van der Waals surface area contributed by atoms with Crippen molar-refractivity contribution >= 4 is 5.91 Å². The molecule has 1 fully saturated rings. The van der Waals surface area contributed by atoms with Gasteiger partial charge < -0.3 is 5.32 Å². The van der Waals surface area contributed by atoms with Gasteiger partial charge in [0, 0.05) is 17.5 Å². The largest absolute Gasteiger partial charge is 0.348 e. The first-order chi connectivity index (χ1) is 7.84. The standard InChI is InChI=1S/C14H13NO/c16-14-11-4-2-1-3-10(11)12-8-5-6-9(7-8)13(12)15-14/h1-6,8-9,12-13H,7H2,(H,15,16)/t8?,9?,12-,13?/m0/s1. The van der Waals surface area contributed by atoms with Crippen LogP contribution in [0.1, 0.15) is 28.3 Å². The minimum Gasteiger partial charge on any atom is -0.348 e. The van der Waals surface area contributed by atoms with Gasteiger partial charge in [-0.1, -0.05) is 30.4 Å². The van der Waals surface area contributed by atoms with E-state index < -0.39 is 0 Å². The fraction of sp³-hybridized carbons (Fsp3) is 0.357. The molecule has 1 saturated carbocycles. The zero-order chi connectivity index (χ0) is 10.7. The van der Waals surface area contributed by atoms with E-state index in [1.807, 2.05) is 18.2 Å². The van der Waals surface area contributed by atoms with Crippen LogP contribution in [0, 0.1) is 11.8 Å². The smallest absolute Gasteiger partial charge is 0.251 e. The van der Waals surface area contributed by atoms with Crippen LogP contribution < -0.4 is 5.32 Å². The van der Waals surface area contributed by atoms with Crippen molar-refractivity contribution in [3.8, 4) is 0 Å². The van der Waals surface area contributed by atoms with Crippen LogP contribution in [0.25, 0.3) is 0 Å². The van der Waals surface area contributed by atoms with Crippen LogP contribution in [-0.2, 0) is 0 Å². The van der Waals surface area contributed by atoms with Crippen LogP contribution in [0.5, 0.6) is 0 Å². The summed E-state index contributed by atoms with van der Waals surface area (Å²) in [7, 11) is 0. The van der Waals surface area contributed by atoms with Gasteiger partial charge in [0.25, 0.3) is 5.91 Å². The highest BCUT2D eigenvalue weighted by Gasteiger charge is 2.49. The van der Waals surface area contributed by atoms with Crippen molar-refractivity contribution in [1.82, 2.24) is 5.32 Å². The Morgan fingerprint density at radius 2 is 1.94 bits per heavy atom. The lowest BCUT2D eigenvalue weighted by Gasteiger charge is -2.34. The molecule has 2 bridgehead atoms. The Bertz CT molecular complexity index is 505. The summed E-state index contributed by atoms with van der Waals surface area (Å²) in [6.07, 6.45) is 5.82. The quantitative estimate of drug-likeness (QED) is 0.654. The highest BCUT2D eigenvalue weighted by atomic mass is 16.1. The Balaban J connectivity index is 1.92. The van der Waals surface area contributed by atoms with Gasteiger partial charge in [0.2, 0.25) is 0 Å². The Kier molecular flexibility index (Phi) is 1.48. The molecule has 1 heterocycles. The molecule has 3 aliphatic rings. The van der Waals surface area contributed by atoms with Gasteiger partial charge >= 0.3 is 0 Å². The highest BCUT2D eigenvalue weighted by Crippen LogP contribution is 2.51. The topological polar surface area (TPSA) is 29.1 Å². The van der Waals surface area contributed by atoms with Gasteiger partial charge in [-0.3, -0.25) is 4.79 Å². The summed E-state index contributed by atoms with van der Waals surface area (Å²) in [6.45, 7) is 0. The molecule has 16 heavy (non-hydrogen) atoms. The second kappa shape index (κ2) is 2.76. The first-order valence-corrected chi connectivity index (χ1v) is 5.93. The van der Waals surface area contributed by atoms with E-state index in [1.165, 1.54) is 12.0 Å². The van der Waals surface area contributed by atoms with E-state index in [-0.39, 0.29) is 5.91 Å². The average molecular weight is 211 g/mol. The first kappa shape index (κ1) is 8.57. The third kappa shape index (κ3) is 0.902. The minimum absolute atomic E-state index is 0.109. The molecule has 80 valence electrons. The molecule has 2 nitrogen and oxygen atoms in total. The molecule has 0 saturated heterocycles. The molecule has 0 spiro atoms. The summed E-state index contributed by atoms with van der Waals surface area (Å²) in [5, 5.41) is 3.18. The van der Waals surface area contributed by atoms with Gasteiger partial charge in [-0.15, -0.1) is 0 Å². The fourth-order valence-corrected chi connectivity index (χ4v) is 3.67. The lowest BCUT2D eigenvalue weighted by atomic mass is 9.78. The Morgan fingerprint density at radius 3 is 2.88 bits per heavy atom. The summed E-state index contributed by atoms with van der Waals surface area (Å²) < 4.78 is 0. The average Bonchev–Trinajstić information content (AvgIpc) is 2.90. The van der Waals surface area contributed by atoms with Gasteiger partial charge in [-0.2, -0.15) is 0 Å². The van der Waals surface area contributed by atoms with Crippen molar-refractivity contribution in [2.24, 2.45) is 11.8 Å². The molecule has 1 aromatic carbocycles. The Morgan fingerprint density at radius 1 is 1.12 bits per heavy atom. The number of nitrogens with one attached hydrogen (secondary N) is 1. The van der Waals surface area contributed by atoms with Crippen LogP contribution in [0.3, 0.4) is 0 Å². The van der Waals surface area contributed by atoms with Crippen molar-refractivity contribution in [3.05, 3.63) is 47.5 Å². The van der Waals surface area contributed by atoms with Gasteiger partial charge in [-0.05, 0) is 29.9 Å². The van der Waals surface area contributed by atoms with E-state index in [1.54, 1.807) is 0 Å². The molecule has 1 amide bonds. The molecule has 1 N–H and O–H groups in total. The number of hydrogen-bond donors (Lipinski definition) is 1. The monoisotopic (exact) mass is 211 g/mol. The predicted molar refractivity (Wildman–Crippen MR) is 61.2 cm³/mol. The maximum absolute atomic E-state index is 12.0. The molecule has 3 unspecified atom stereocenters. The lowest BCUT2D eigenvalue weighted by Crippen LogP contribution is -2.46. The molecule has 4 rings (SSSR count). The van der Waals surface area contributed by atoms with Crippen LogP contribution in [-0.4, -0.2) is 11.9 Å². The Hall–Kier alpha value is -1.57. The number of hydrogen-bond acceptors (Lipinski definition) is 1. The lowest BCUT2D eigenvalue weighted by molar-refractivity contribution is 0.0910. The predicted octanol–water partition coefficient (Wildman–Crippen LogP) is 2.09. The summed E-state index contributed by atoms with van der Waals surface area (Å²) in [5.41, 5.74) is 2.14. The second-order valence-corrected chi connectivity index (χ2v) is 5.06. The van der Waals surface area contributed by atoms with Crippen LogP contribution in [0.15, 0.2) is 36.4 Å². The third-order valence-electron chi connectivity index (χ3n) is 4.32. The number of allylic oxidation sites excluding steroid dienone is 1. The molecule has 0 radical (unpaired) electrons. The van der Waals surface area contributed by atoms with E-state index in [4.69, 9.17) is 0 Å². The molecule has 4 atom stereocenters. The number of rotatable bonds is 0. The second-order valence-electron chi connectivity index (χ2n) is 5.06. The normalized spacial score (nSPS) is 38.1. The van der Waals surface area contributed by atoms with E-state index in [0.29, 0.717) is 23.8 Å². The number of carbonyl (C=O) groups is 1. The van der Waals surface area contributed by atoms with Crippen LogP contribution >= 0.6 is 0 Å². The summed E-state index contributed by atoms with van der Waals surface area (Å²) >= 11 is 0. The highest BCUT2D eigenvalue weighted by molar-refractivity contribution is 5.97. The molecule has 0 aromatic heterocycles. The van der Waals surface area contributed by atoms with E-state index >= 15 is 0 Å². The van der Waals surface area contributed by atoms with Crippen molar-refractivity contribution in [2.75, 3.05) is 0 Å². The van der Waals surface area contributed by atoms with Gasteiger partial charge in [0.05, 0.1) is 0 Å². The third-order valence-corrected chi connectivity index (χ3v) is 4.32. The van der Waals surface area contributed by atoms with E-state index in [9.17, 15) is 4.79 Å². The number of amides is 1. The zero-order valence-corrected chi connectivity index (χ0v) is 8.89.